The van der Waals surface area contributed by atoms with Gasteiger partial charge in [-0.15, -0.1) is 0 Å². The third-order valence-electron chi connectivity index (χ3n) is 2.50. The van der Waals surface area contributed by atoms with Crippen LogP contribution in [0.5, 0.6) is 0 Å². The maximum atomic E-state index is 12.9. The molecule has 0 saturated carbocycles. The van der Waals surface area contributed by atoms with Gasteiger partial charge in [0, 0.05) is 5.54 Å². The molecule has 0 unspecified atom stereocenters. The lowest BCUT2D eigenvalue weighted by atomic mass is 10.00. The van der Waals surface area contributed by atoms with Gasteiger partial charge in [-0.05, 0) is 44.5 Å². The number of carbonyl (C=O) groups is 1. The van der Waals surface area contributed by atoms with Gasteiger partial charge in [0.25, 0.3) is 0 Å². The standard InChI is InChI=1S/C13H19FN2O/c1-13(2,6-7-15)16-12(17)9-10-4-3-5-11(14)8-10/h3-5,8H,6-7,9,15H2,1-2H3,(H,16,17). The molecule has 0 aliphatic heterocycles. The van der Waals surface area contributed by atoms with E-state index >= 15 is 0 Å². The van der Waals surface area contributed by atoms with Crippen molar-refractivity contribution in [1.29, 1.82) is 0 Å². The lowest BCUT2D eigenvalue weighted by Crippen LogP contribution is -2.45. The Kier molecular flexibility index (Phi) is 4.63. The lowest BCUT2D eigenvalue weighted by Gasteiger charge is -2.25. The van der Waals surface area contributed by atoms with E-state index in [-0.39, 0.29) is 23.7 Å². The highest BCUT2D eigenvalue weighted by Gasteiger charge is 2.19. The van der Waals surface area contributed by atoms with Crippen molar-refractivity contribution in [3.63, 3.8) is 0 Å². The van der Waals surface area contributed by atoms with Crippen LogP contribution in [0, 0.1) is 5.82 Å². The van der Waals surface area contributed by atoms with Crippen LogP contribution in [-0.4, -0.2) is 18.0 Å². The Labute approximate surface area is 101 Å². The van der Waals surface area contributed by atoms with Crippen molar-refractivity contribution in [2.45, 2.75) is 32.2 Å². The van der Waals surface area contributed by atoms with Gasteiger partial charge >= 0.3 is 0 Å². The fraction of sp³-hybridized carbons (Fsp3) is 0.462. The van der Waals surface area contributed by atoms with Gasteiger partial charge in [-0.25, -0.2) is 4.39 Å². The number of carbonyl (C=O) groups excluding carboxylic acids is 1. The predicted octanol–water partition coefficient (Wildman–Crippen LogP) is 1.61. The molecule has 0 spiro atoms. The molecule has 1 amide bonds. The average Bonchev–Trinajstić information content (AvgIpc) is 2.15. The molecule has 0 radical (unpaired) electrons. The number of benzene rings is 1. The molecule has 3 nitrogen and oxygen atoms in total. The Balaban J connectivity index is 2.55. The van der Waals surface area contributed by atoms with Crippen molar-refractivity contribution < 1.29 is 9.18 Å². The Bertz CT molecular complexity index is 391. The number of hydrogen-bond donors (Lipinski definition) is 2. The molecule has 0 aliphatic rings. The SMILES string of the molecule is CC(C)(CCN)NC(=O)Cc1cccc(F)c1. The second-order valence-electron chi connectivity index (χ2n) is 4.78. The minimum atomic E-state index is -0.323. The van der Waals surface area contributed by atoms with E-state index in [1.165, 1.54) is 12.1 Å². The summed E-state index contributed by atoms with van der Waals surface area (Å²) in [5, 5.41) is 2.88. The zero-order valence-corrected chi connectivity index (χ0v) is 10.3. The quantitative estimate of drug-likeness (QED) is 0.819. The highest BCUT2D eigenvalue weighted by Crippen LogP contribution is 2.09. The summed E-state index contributed by atoms with van der Waals surface area (Å²) in [7, 11) is 0. The summed E-state index contributed by atoms with van der Waals surface area (Å²) < 4.78 is 12.9. The molecule has 0 aromatic heterocycles. The molecule has 0 atom stereocenters. The van der Waals surface area contributed by atoms with Gasteiger partial charge in [0.1, 0.15) is 5.82 Å². The van der Waals surface area contributed by atoms with Gasteiger partial charge in [-0.3, -0.25) is 4.79 Å². The molecular formula is C13H19FN2O. The number of rotatable bonds is 5. The summed E-state index contributed by atoms with van der Waals surface area (Å²) in [4.78, 5) is 11.7. The van der Waals surface area contributed by atoms with Crippen LogP contribution >= 0.6 is 0 Å². The smallest absolute Gasteiger partial charge is 0.224 e. The fourth-order valence-corrected chi connectivity index (χ4v) is 1.68. The highest BCUT2D eigenvalue weighted by atomic mass is 19.1. The van der Waals surface area contributed by atoms with E-state index in [1.807, 2.05) is 13.8 Å². The van der Waals surface area contributed by atoms with Crippen molar-refractivity contribution in [3.8, 4) is 0 Å². The van der Waals surface area contributed by atoms with Crippen molar-refractivity contribution in [1.82, 2.24) is 5.32 Å². The summed E-state index contributed by atoms with van der Waals surface area (Å²) in [5.74, 6) is -0.439. The van der Waals surface area contributed by atoms with Crippen molar-refractivity contribution in [2.75, 3.05) is 6.54 Å². The zero-order chi connectivity index (χ0) is 12.9. The summed E-state index contributed by atoms with van der Waals surface area (Å²) in [6.07, 6.45) is 0.896. The van der Waals surface area contributed by atoms with Gasteiger partial charge < -0.3 is 11.1 Å². The van der Waals surface area contributed by atoms with Gasteiger partial charge in [0.2, 0.25) is 5.91 Å². The van der Waals surface area contributed by atoms with E-state index in [0.717, 1.165) is 0 Å². The molecule has 0 fully saturated rings. The Morgan fingerprint density at radius 1 is 1.47 bits per heavy atom. The monoisotopic (exact) mass is 238 g/mol. The first kappa shape index (κ1) is 13.6. The van der Waals surface area contributed by atoms with E-state index in [4.69, 9.17) is 5.73 Å². The second kappa shape index (κ2) is 5.77. The van der Waals surface area contributed by atoms with Crippen molar-refractivity contribution in [3.05, 3.63) is 35.6 Å². The Morgan fingerprint density at radius 2 is 2.18 bits per heavy atom. The number of halogens is 1. The van der Waals surface area contributed by atoms with E-state index < -0.39 is 0 Å². The highest BCUT2D eigenvalue weighted by molar-refractivity contribution is 5.79. The third-order valence-corrected chi connectivity index (χ3v) is 2.50. The molecule has 0 saturated heterocycles. The number of amides is 1. The molecule has 0 bridgehead atoms. The molecule has 17 heavy (non-hydrogen) atoms. The molecule has 3 N–H and O–H groups in total. The van der Waals surface area contributed by atoms with Crippen LogP contribution in [0.4, 0.5) is 4.39 Å². The van der Waals surface area contributed by atoms with Crippen LogP contribution in [-0.2, 0) is 11.2 Å². The van der Waals surface area contributed by atoms with Gasteiger partial charge in [-0.2, -0.15) is 0 Å². The van der Waals surface area contributed by atoms with E-state index in [2.05, 4.69) is 5.32 Å². The summed E-state index contributed by atoms with van der Waals surface area (Å²) in [5.41, 5.74) is 5.81. The second-order valence-corrected chi connectivity index (χ2v) is 4.78. The molecule has 0 aliphatic carbocycles. The Hall–Kier alpha value is -1.42. The van der Waals surface area contributed by atoms with Crippen LogP contribution in [0.25, 0.3) is 0 Å². The lowest BCUT2D eigenvalue weighted by molar-refractivity contribution is -0.122. The zero-order valence-electron chi connectivity index (χ0n) is 10.3. The number of hydrogen-bond acceptors (Lipinski definition) is 2. The van der Waals surface area contributed by atoms with Gasteiger partial charge in [0.05, 0.1) is 6.42 Å². The first-order chi connectivity index (χ1) is 7.93. The molecule has 1 aromatic rings. The van der Waals surface area contributed by atoms with Crippen molar-refractivity contribution >= 4 is 5.91 Å². The summed E-state index contributed by atoms with van der Waals surface area (Å²) in [6.45, 7) is 4.36. The van der Waals surface area contributed by atoms with Crippen LogP contribution in [0.1, 0.15) is 25.8 Å². The Morgan fingerprint density at radius 3 is 2.76 bits per heavy atom. The van der Waals surface area contributed by atoms with E-state index in [1.54, 1.807) is 12.1 Å². The van der Waals surface area contributed by atoms with Crippen molar-refractivity contribution in [2.24, 2.45) is 5.73 Å². The first-order valence-electron chi connectivity index (χ1n) is 5.68. The summed E-state index contributed by atoms with van der Waals surface area (Å²) >= 11 is 0. The molecular weight excluding hydrogens is 219 g/mol. The maximum Gasteiger partial charge on any atom is 0.224 e. The molecule has 94 valence electrons. The third kappa shape index (κ3) is 4.95. The fourth-order valence-electron chi connectivity index (χ4n) is 1.68. The van der Waals surface area contributed by atoms with Crippen LogP contribution in [0.3, 0.4) is 0 Å². The number of nitrogens with two attached hydrogens (primary N) is 1. The van der Waals surface area contributed by atoms with Crippen LogP contribution in [0.15, 0.2) is 24.3 Å². The van der Waals surface area contributed by atoms with E-state index in [0.29, 0.717) is 18.5 Å². The molecule has 0 heterocycles. The topological polar surface area (TPSA) is 55.1 Å². The van der Waals surface area contributed by atoms with E-state index in [9.17, 15) is 9.18 Å². The van der Waals surface area contributed by atoms with Crippen LogP contribution in [0.2, 0.25) is 0 Å². The molecule has 1 rings (SSSR count). The normalized spacial score (nSPS) is 11.3. The first-order valence-corrected chi connectivity index (χ1v) is 5.68. The molecule has 4 heteroatoms. The average molecular weight is 238 g/mol. The minimum absolute atomic E-state index is 0.117. The van der Waals surface area contributed by atoms with Crippen LogP contribution < -0.4 is 11.1 Å². The molecule has 1 aromatic carbocycles. The number of nitrogens with one attached hydrogen (secondary N) is 1. The largest absolute Gasteiger partial charge is 0.351 e. The predicted molar refractivity (Wildman–Crippen MR) is 66.0 cm³/mol. The summed E-state index contributed by atoms with van der Waals surface area (Å²) in [6, 6.07) is 6.07. The minimum Gasteiger partial charge on any atom is -0.351 e. The van der Waals surface area contributed by atoms with Gasteiger partial charge in [-0.1, -0.05) is 12.1 Å². The maximum absolute atomic E-state index is 12.9. The van der Waals surface area contributed by atoms with Gasteiger partial charge in [0.15, 0.2) is 0 Å².